The van der Waals surface area contributed by atoms with Gasteiger partial charge in [-0.3, -0.25) is 5.84 Å². The third-order valence-corrected chi connectivity index (χ3v) is 3.26. The van der Waals surface area contributed by atoms with E-state index < -0.39 is 17.8 Å². The average Bonchev–Trinajstić information content (AvgIpc) is 2.63. The predicted octanol–water partition coefficient (Wildman–Crippen LogP) is 3.27. The van der Waals surface area contributed by atoms with E-state index in [1.165, 1.54) is 6.07 Å². The normalized spacial score (nSPS) is 10.5. The number of carbonyl (C=O) groups is 1. The molecule has 8 heteroatoms. The van der Waals surface area contributed by atoms with E-state index >= 15 is 0 Å². The minimum absolute atomic E-state index is 0.0291. The number of hydrogen-bond donors (Lipinski definition) is 3. The molecule has 2 rings (SSSR count). The molecule has 0 saturated carbocycles. The Morgan fingerprint density at radius 1 is 1.15 bits per heavy atom. The molecule has 0 spiro atoms. The summed E-state index contributed by atoms with van der Waals surface area (Å²) < 4.78 is 43.0. The number of hydrazine groups is 1. The van der Waals surface area contributed by atoms with Crippen LogP contribution in [0.2, 0.25) is 0 Å². The molecule has 4 N–H and O–H groups in total. The van der Waals surface area contributed by atoms with Gasteiger partial charge in [-0.1, -0.05) is 42.2 Å². The molecule has 0 fully saturated rings. The van der Waals surface area contributed by atoms with Crippen LogP contribution in [0.3, 0.4) is 0 Å². The van der Waals surface area contributed by atoms with Gasteiger partial charge in [0.2, 0.25) is 0 Å². The second-order valence-electron chi connectivity index (χ2n) is 5.12. The molecule has 0 radical (unpaired) electrons. The summed E-state index contributed by atoms with van der Waals surface area (Å²) >= 11 is 0. The SMILES string of the molecule is NNc1cc(C(F)(F)F)ccc1C#CCNC(=O)OCc1ccccc1. The summed E-state index contributed by atoms with van der Waals surface area (Å²) in [5.41, 5.74) is 2.51. The highest BCUT2D eigenvalue weighted by Gasteiger charge is 2.30. The highest BCUT2D eigenvalue weighted by Crippen LogP contribution is 2.31. The molecule has 5 nitrogen and oxygen atoms in total. The van der Waals surface area contributed by atoms with Crippen LogP contribution in [-0.2, 0) is 17.5 Å². The van der Waals surface area contributed by atoms with E-state index in [4.69, 9.17) is 10.6 Å². The van der Waals surface area contributed by atoms with Crippen LogP contribution in [0.5, 0.6) is 0 Å². The maximum Gasteiger partial charge on any atom is 0.416 e. The van der Waals surface area contributed by atoms with Gasteiger partial charge in [0, 0.05) is 5.56 Å². The first-order valence-corrected chi connectivity index (χ1v) is 7.51. The number of benzene rings is 2. The molecule has 0 atom stereocenters. The summed E-state index contributed by atoms with van der Waals surface area (Å²) in [7, 11) is 0. The van der Waals surface area contributed by atoms with E-state index in [1.807, 2.05) is 30.3 Å². The van der Waals surface area contributed by atoms with Gasteiger partial charge in [-0.05, 0) is 23.8 Å². The minimum atomic E-state index is -4.47. The summed E-state index contributed by atoms with van der Waals surface area (Å²) in [4.78, 5) is 11.5. The average molecular weight is 363 g/mol. The van der Waals surface area contributed by atoms with Crippen LogP contribution >= 0.6 is 0 Å². The van der Waals surface area contributed by atoms with Crippen molar-refractivity contribution in [2.24, 2.45) is 5.84 Å². The largest absolute Gasteiger partial charge is 0.445 e. The molecule has 0 heterocycles. The molecule has 0 aliphatic heterocycles. The molecule has 136 valence electrons. The lowest BCUT2D eigenvalue weighted by atomic mass is 10.1. The van der Waals surface area contributed by atoms with Gasteiger partial charge < -0.3 is 15.5 Å². The van der Waals surface area contributed by atoms with Crippen molar-refractivity contribution in [2.45, 2.75) is 12.8 Å². The van der Waals surface area contributed by atoms with Gasteiger partial charge in [-0.15, -0.1) is 0 Å². The van der Waals surface area contributed by atoms with Crippen molar-refractivity contribution in [3.8, 4) is 11.8 Å². The number of nitrogens with one attached hydrogen (secondary N) is 2. The Morgan fingerprint density at radius 2 is 1.88 bits per heavy atom. The number of amides is 1. The molecular formula is C18H16F3N3O2. The van der Waals surface area contributed by atoms with Crippen LogP contribution in [0.15, 0.2) is 48.5 Å². The summed E-state index contributed by atoms with van der Waals surface area (Å²) in [6, 6.07) is 12.1. The quantitative estimate of drug-likeness (QED) is 0.443. The fourth-order valence-electron chi connectivity index (χ4n) is 1.98. The molecule has 0 bridgehead atoms. The van der Waals surface area contributed by atoms with Crippen LogP contribution in [0.25, 0.3) is 0 Å². The molecule has 2 aromatic rings. The zero-order valence-electron chi connectivity index (χ0n) is 13.6. The number of carbonyl (C=O) groups excluding carboxylic acids is 1. The van der Waals surface area contributed by atoms with E-state index in [0.717, 1.165) is 17.7 Å². The van der Waals surface area contributed by atoms with Crippen LogP contribution in [0, 0.1) is 11.8 Å². The summed E-state index contributed by atoms with van der Waals surface area (Å²) in [6.45, 7) is 0.0961. The van der Waals surface area contributed by atoms with Crippen molar-refractivity contribution < 1.29 is 22.7 Å². The van der Waals surface area contributed by atoms with Gasteiger partial charge >= 0.3 is 12.3 Å². The van der Waals surface area contributed by atoms with Gasteiger partial charge in [0.25, 0.3) is 0 Å². The van der Waals surface area contributed by atoms with E-state index in [2.05, 4.69) is 22.6 Å². The Morgan fingerprint density at radius 3 is 2.54 bits per heavy atom. The van der Waals surface area contributed by atoms with Crippen LogP contribution in [0.4, 0.5) is 23.7 Å². The molecule has 2 aromatic carbocycles. The maximum absolute atomic E-state index is 12.7. The van der Waals surface area contributed by atoms with E-state index in [9.17, 15) is 18.0 Å². The Labute approximate surface area is 148 Å². The third kappa shape index (κ3) is 5.72. The Bertz CT molecular complexity index is 812. The van der Waals surface area contributed by atoms with Gasteiger partial charge in [-0.2, -0.15) is 13.2 Å². The van der Waals surface area contributed by atoms with Crippen LogP contribution in [0.1, 0.15) is 16.7 Å². The Hall–Kier alpha value is -3.18. The van der Waals surface area contributed by atoms with E-state index in [1.54, 1.807) is 0 Å². The molecule has 0 aliphatic rings. The first kappa shape index (κ1) is 19.1. The number of halogens is 3. The zero-order chi connectivity index (χ0) is 19.0. The third-order valence-electron chi connectivity index (χ3n) is 3.26. The lowest BCUT2D eigenvalue weighted by Crippen LogP contribution is -2.24. The van der Waals surface area contributed by atoms with Crippen LogP contribution < -0.4 is 16.6 Å². The minimum Gasteiger partial charge on any atom is -0.445 e. The number of anilines is 1. The number of ether oxygens (including phenoxy) is 1. The first-order valence-electron chi connectivity index (χ1n) is 7.51. The van der Waals surface area contributed by atoms with Crippen molar-refractivity contribution in [2.75, 3.05) is 12.0 Å². The number of hydrogen-bond acceptors (Lipinski definition) is 4. The zero-order valence-corrected chi connectivity index (χ0v) is 13.6. The van der Waals surface area contributed by atoms with Gasteiger partial charge in [-0.25, -0.2) is 4.79 Å². The summed E-state index contributed by atoms with van der Waals surface area (Å²) in [5, 5.41) is 2.43. The fraction of sp³-hybridized carbons (Fsp3) is 0.167. The van der Waals surface area contributed by atoms with Crippen molar-refractivity contribution in [1.82, 2.24) is 5.32 Å². The van der Waals surface area contributed by atoms with Gasteiger partial charge in [0.15, 0.2) is 0 Å². The maximum atomic E-state index is 12.7. The van der Waals surface area contributed by atoms with Crippen LogP contribution in [-0.4, -0.2) is 12.6 Å². The molecular weight excluding hydrogens is 347 g/mol. The monoisotopic (exact) mass is 363 g/mol. The van der Waals surface area contributed by atoms with E-state index in [-0.39, 0.29) is 24.4 Å². The smallest absolute Gasteiger partial charge is 0.416 e. The van der Waals surface area contributed by atoms with Crippen molar-refractivity contribution in [3.63, 3.8) is 0 Å². The van der Waals surface area contributed by atoms with E-state index in [0.29, 0.717) is 0 Å². The molecule has 0 unspecified atom stereocenters. The summed E-state index contributed by atoms with van der Waals surface area (Å²) in [6.07, 6.45) is -5.12. The molecule has 0 aliphatic carbocycles. The van der Waals surface area contributed by atoms with Crippen molar-refractivity contribution >= 4 is 11.8 Å². The predicted molar refractivity (Wildman–Crippen MR) is 90.8 cm³/mol. The first-order chi connectivity index (χ1) is 12.4. The molecule has 26 heavy (non-hydrogen) atoms. The molecule has 1 amide bonds. The topological polar surface area (TPSA) is 76.4 Å². The highest BCUT2D eigenvalue weighted by atomic mass is 19.4. The summed E-state index contributed by atoms with van der Waals surface area (Å²) in [5.74, 6) is 10.5. The van der Waals surface area contributed by atoms with Gasteiger partial charge in [0.05, 0.1) is 17.8 Å². The number of alkyl carbamates (subject to hydrolysis) is 1. The number of alkyl halides is 3. The molecule has 0 saturated heterocycles. The fourth-order valence-corrected chi connectivity index (χ4v) is 1.98. The van der Waals surface area contributed by atoms with Crippen molar-refractivity contribution in [1.29, 1.82) is 0 Å². The van der Waals surface area contributed by atoms with Crippen molar-refractivity contribution in [3.05, 3.63) is 65.2 Å². The standard InChI is InChI=1S/C18H16F3N3O2/c19-18(20,21)15-9-8-14(16(11-15)24-22)7-4-10-23-17(25)26-12-13-5-2-1-3-6-13/h1-3,5-6,8-9,11,24H,10,12,22H2,(H,23,25). The number of rotatable bonds is 4. The lowest BCUT2D eigenvalue weighted by Gasteiger charge is -2.10. The Kier molecular flexibility index (Phi) is 6.47. The number of nitrogens with two attached hydrogens (primary N) is 1. The molecule has 0 aromatic heterocycles. The lowest BCUT2D eigenvalue weighted by molar-refractivity contribution is -0.137. The van der Waals surface area contributed by atoms with Gasteiger partial charge in [0.1, 0.15) is 6.61 Å². The second kappa shape index (κ2) is 8.78. The highest BCUT2D eigenvalue weighted by molar-refractivity contribution is 5.67. The number of nitrogen functional groups attached to an aromatic ring is 1. The second-order valence-corrected chi connectivity index (χ2v) is 5.12. The Balaban J connectivity index is 1.88.